The van der Waals surface area contributed by atoms with Crippen molar-refractivity contribution < 1.29 is 14.6 Å². The number of ether oxygens (including phenoxy) is 1. The second-order valence-electron chi connectivity index (χ2n) is 8.64. The summed E-state index contributed by atoms with van der Waals surface area (Å²) in [6.45, 7) is 6.65. The van der Waals surface area contributed by atoms with E-state index in [1.54, 1.807) is 18.2 Å². The van der Waals surface area contributed by atoms with E-state index in [1.807, 2.05) is 48.5 Å². The molecule has 5 heteroatoms. The number of halogens is 1. The lowest BCUT2D eigenvalue weighted by Crippen LogP contribution is -2.14. The third kappa shape index (κ3) is 4.98. The molecule has 0 spiro atoms. The molecule has 0 bridgehead atoms. The van der Waals surface area contributed by atoms with Crippen LogP contribution in [0.25, 0.3) is 10.8 Å². The molecular weight excluding hydrogens is 525 g/mol. The maximum atomic E-state index is 12.8. The molecule has 4 rings (SSSR count). The first kappa shape index (κ1) is 23.1. The normalized spacial score (nSPS) is 11.4. The molecule has 0 saturated heterocycles. The molecular formula is C28H26INO3. The smallest absolute Gasteiger partial charge is 0.259 e. The summed E-state index contributed by atoms with van der Waals surface area (Å²) in [5.74, 6) is 1.06. The van der Waals surface area contributed by atoms with Crippen LogP contribution in [0, 0.1) is 3.57 Å². The third-order valence-electron chi connectivity index (χ3n) is 6.08. The van der Waals surface area contributed by atoms with Gasteiger partial charge < -0.3 is 15.2 Å². The number of nitrogens with one attached hydrogen (secondary N) is 1. The highest BCUT2D eigenvalue weighted by Gasteiger charge is 2.18. The van der Waals surface area contributed by atoms with Gasteiger partial charge in [0.05, 0.1) is 5.56 Å². The van der Waals surface area contributed by atoms with Crippen molar-refractivity contribution in [3.8, 4) is 17.2 Å². The Labute approximate surface area is 207 Å². The molecule has 0 aromatic heterocycles. The van der Waals surface area contributed by atoms with E-state index in [4.69, 9.17) is 4.74 Å². The minimum absolute atomic E-state index is 0.0156. The molecule has 0 aliphatic heterocycles. The number of benzene rings is 4. The highest BCUT2D eigenvalue weighted by atomic mass is 127. The summed E-state index contributed by atoms with van der Waals surface area (Å²) in [7, 11) is 0. The lowest BCUT2D eigenvalue weighted by Gasteiger charge is -2.23. The van der Waals surface area contributed by atoms with Gasteiger partial charge in [-0.15, -0.1) is 0 Å². The van der Waals surface area contributed by atoms with Crippen LogP contribution in [0.3, 0.4) is 0 Å². The Bertz CT molecular complexity index is 1300. The van der Waals surface area contributed by atoms with Gasteiger partial charge >= 0.3 is 0 Å². The Morgan fingerprint density at radius 2 is 1.52 bits per heavy atom. The van der Waals surface area contributed by atoms with Crippen molar-refractivity contribution in [3.05, 3.63) is 93.6 Å². The summed E-state index contributed by atoms with van der Waals surface area (Å²) >= 11 is 2.18. The fraction of sp³-hybridized carbons (Fsp3) is 0.179. The fourth-order valence-electron chi connectivity index (χ4n) is 3.61. The number of fused-ring (bicyclic) bond motifs is 1. The van der Waals surface area contributed by atoms with Crippen molar-refractivity contribution in [2.45, 2.75) is 32.6 Å². The average molecular weight is 551 g/mol. The quantitative estimate of drug-likeness (QED) is 0.240. The van der Waals surface area contributed by atoms with E-state index in [0.29, 0.717) is 16.8 Å². The van der Waals surface area contributed by atoms with Gasteiger partial charge in [-0.05, 0) is 87.8 Å². The van der Waals surface area contributed by atoms with Crippen molar-refractivity contribution in [3.63, 3.8) is 0 Å². The van der Waals surface area contributed by atoms with E-state index in [0.717, 1.165) is 21.1 Å². The highest BCUT2D eigenvalue weighted by Crippen LogP contribution is 2.33. The van der Waals surface area contributed by atoms with Crippen LogP contribution in [0.15, 0.2) is 78.9 Å². The molecule has 0 radical (unpaired) electrons. The molecule has 2 N–H and O–H groups in total. The van der Waals surface area contributed by atoms with E-state index in [9.17, 15) is 9.90 Å². The van der Waals surface area contributed by atoms with Crippen molar-refractivity contribution in [2.24, 2.45) is 0 Å². The number of hydrogen-bond acceptors (Lipinski definition) is 3. The summed E-state index contributed by atoms with van der Waals surface area (Å²) in [5, 5.41) is 15.1. The van der Waals surface area contributed by atoms with Crippen LogP contribution >= 0.6 is 22.6 Å². The molecule has 0 aliphatic rings. The Hall–Kier alpha value is -3.06. The standard InChI is InChI=1S/C28H26INO3/c1-4-28(2,3)18-9-13-20(14-10-18)33-21-15-11-19(12-16-21)30-27(32)24-17-25(29)22-7-5-6-8-23(22)26(24)31/h5-17,31H,4H2,1-3H3,(H,30,32). The maximum absolute atomic E-state index is 12.8. The molecule has 4 aromatic carbocycles. The van der Waals surface area contributed by atoms with Gasteiger partial charge in [-0.2, -0.15) is 0 Å². The van der Waals surface area contributed by atoms with Crippen molar-refractivity contribution in [2.75, 3.05) is 5.32 Å². The Morgan fingerprint density at radius 1 is 0.939 bits per heavy atom. The summed E-state index contributed by atoms with van der Waals surface area (Å²) in [4.78, 5) is 12.8. The number of anilines is 1. The third-order valence-corrected chi connectivity index (χ3v) is 6.97. The first-order valence-electron chi connectivity index (χ1n) is 10.9. The first-order valence-corrected chi connectivity index (χ1v) is 12.0. The number of rotatable bonds is 6. The minimum atomic E-state index is -0.362. The summed E-state index contributed by atoms with van der Waals surface area (Å²) < 4.78 is 6.86. The topological polar surface area (TPSA) is 58.6 Å². The van der Waals surface area contributed by atoms with Crippen molar-refractivity contribution in [1.29, 1.82) is 0 Å². The van der Waals surface area contributed by atoms with Gasteiger partial charge in [0.15, 0.2) is 0 Å². The molecule has 4 aromatic rings. The van der Waals surface area contributed by atoms with Crippen LogP contribution in [0.1, 0.15) is 43.1 Å². The van der Waals surface area contributed by atoms with E-state index >= 15 is 0 Å². The highest BCUT2D eigenvalue weighted by molar-refractivity contribution is 14.1. The number of carbonyl (C=O) groups excluding carboxylic acids is 1. The largest absolute Gasteiger partial charge is 0.506 e. The van der Waals surface area contributed by atoms with Crippen molar-refractivity contribution >= 4 is 45.0 Å². The Morgan fingerprint density at radius 3 is 2.12 bits per heavy atom. The maximum Gasteiger partial charge on any atom is 0.259 e. The lowest BCUT2D eigenvalue weighted by atomic mass is 9.82. The first-order chi connectivity index (χ1) is 15.8. The number of carbonyl (C=O) groups is 1. The van der Waals surface area contributed by atoms with E-state index < -0.39 is 0 Å². The van der Waals surface area contributed by atoms with Gasteiger partial charge in [-0.1, -0.05) is 57.2 Å². The molecule has 168 valence electrons. The fourth-order valence-corrected chi connectivity index (χ4v) is 4.39. The second-order valence-corrected chi connectivity index (χ2v) is 9.80. The zero-order valence-electron chi connectivity index (χ0n) is 18.9. The number of hydrogen-bond donors (Lipinski definition) is 2. The summed E-state index contributed by atoms with van der Waals surface area (Å²) in [6.07, 6.45) is 1.07. The Kier molecular flexibility index (Phi) is 6.61. The van der Waals surface area contributed by atoms with E-state index in [2.05, 4.69) is 60.8 Å². The molecule has 33 heavy (non-hydrogen) atoms. The average Bonchev–Trinajstić information content (AvgIpc) is 2.83. The molecule has 0 heterocycles. The Balaban J connectivity index is 1.46. The molecule has 0 atom stereocenters. The van der Waals surface area contributed by atoms with Gasteiger partial charge in [0.1, 0.15) is 17.2 Å². The molecule has 4 nitrogen and oxygen atoms in total. The number of aromatic hydroxyl groups is 1. The molecule has 0 fully saturated rings. The van der Waals surface area contributed by atoms with Crippen LogP contribution in [0.2, 0.25) is 0 Å². The molecule has 1 amide bonds. The molecule has 0 saturated carbocycles. The molecule has 0 aliphatic carbocycles. The monoisotopic (exact) mass is 551 g/mol. The number of phenols is 1. The van der Waals surface area contributed by atoms with E-state index in [1.165, 1.54) is 5.56 Å². The van der Waals surface area contributed by atoms with E-state index in [-0.39, 0.29) is 22.6 Å². The predicted molar refractivity (Wildman–Crippen MR) is 143 cm³/mol. The summed E-state index contributed by atoms with van der Waals surface area (Å²) in [6, 6.07) is 24.5. The zero-order chi connectivity index (χ0) is 23.6. The number of amides is 1. The number of phenolic OH excluding ortho intramolecular Hbond substituents is 1. The second kappa shape index (κ2) is 9.43. The predicted octanol–water partition coefficient (Wildman–Crippen LogP) is 7.88. The van der Waals surface area contributed by atoms with Crippen LogP contribution in [-0.4, -0.2) is 11.0 Å². The summed E-state index contributed by atoms with van der Waals surface area (Å²) in [5.41, 5.74) is 2.28. The SMILES string of the molecule is CCC(C)(C)c1ccc(Oc2ccc(NC(=O)c3cc(I)c4ccccc4c3O)cc2)cc1. The zero-order valence-corrected chi connectivity index (χ0v) is 21.0. The van der Waals surface area contributed by atoms with Crippen LogP contribution in [-0.2, 0) is 5.41 Å². The van der Waals surface area contributed by atoms with Gasteiger partial charge in [0, 0.05) is 14.6 Å². The van der Waals surface area contributed by atoms with Crippen LogP contribution in [0.4, 0.5) is 5.69 Å². The van der Waals surface area contributed by atoms with Gasteiger partial charge in [-0.3, -0.25) is 4.79 Å². The van der Waals surface area contributed by atoms with Gasteiger partial charge in [0.2, 0.25) is 0 Å². The molecule has 0 unspecified atom stereocenters. The van der Waals surface area contributed by atoms with Crippen LogP contribution < -0.4 is 10.1 Å². The van der Waals surface area contributed by atoms with Crippen LogP contribution in [0.5, 0.6) is 17.2 Å². The van der Waals surface area contributed by atoms with Gasteiger partial charge in [0.25, 0.3) is 5.91 Å². The lowest BCUT2D eigenvalue weighted by molar-refractivity contribution is 0.102. The minimum Gasteiger partial charge on any atom is -0.506 e. The van der Waals surface area contributed by atoms with Gasteiger partial charge in [-0.25, -0.2) is 0 Å². The van der Waals surface area contributed by atoms with Crippen molar-refractivity contribution in [1.82, 2.24) is 0 Å².